The summed E-state index contributed by atoms with van der Waals surface area (Å²) in [5, 5.41) is 4.85. The van der Waals surface area contributed by atoms with Crippen molar-refractivity contribution in [1.29, 1.82) is 0 Å². The molecule has 4 aromatic carbocycles. The highest BCUT2D eigenvalue weighted by atomic mass is 16.5. The normalized spacial score (nSPS) is 10.7. The number of rotatable bonds is 7. The van der Waals surface area contributed by atoms with Crippen LogP contribution in [0.2, 0.25) is 0 Å². The lowest BCUT2D eigenvalue weighted by Crippen LogP contribution is -2.13. The molecule has 0 aliphatic rings. The molecule has 0 saturated carbocycles. The van der Waals surface area contributed by atoms with Gasteiger partial charge < -0.3 is 19.5 Å². The molecule has 0 bridgehead atoms. The summed E-state index contributed by atoms with van der Waals surface area (Å²) < 4.78 is 16.7. The van der Waals surface area contributed by atoms with Crippen molar-refractivity contribution >= 4 is 22.4 Å². The second-order valence-electron chi connectivity index (χ2n) is 7.70. The van der Waals surface area contributed by atoms with Crippen molar-refractivity contribution in [1.82, 2.24) is 0 Å². The number of carbonyl (C=O) groups excluding carboxylic acids is 1. The fraction of sp³-hybridized carbons (Fsp3) is 0.179. The number of benzene rings is 4. The summed E-state index contributed by atoms with van der Waals surface area (Å²) >= 11 is 0. The summed E-state index contributed by atoms with van der Waals surface area (Å²) in [4.78, 5) is 13.3. The largest absolute Gasteiger partial charge is 0.493 e. The topological polar surface area (TPSA) is 56.8 Å². The third kappa shape index (κ3) is 4.62. The molecule has 5 nitrogen and oxygen atoms in total. The van der Waals surface area contributed by atoms with Gasteiger partial charge in [-0.3, -0.25) is 4.79 Å². The second-order valence-corrected chi connectivity index (χ2v) is 7.70. The predicted octanol–water partition coefficient (Wildman–Crippen LogP) is 6.48. The highest BCUT2D eigenvalue weighted by Gasteiger charge is 2.16. The van der Waals surface area contributed by atoms with Crippen LogP contribution < -0.4 is 19.5 Å². The lowest BCUT2D eigenvalue weighted by atomic mass is 9.94. The minimum absolute atomic E-state index is 0.216. The average Bonchev–Trinajstić information content (AvgIpc) is 2.84. The number of aryl methyl sites for hydroxylation is 1. The van der Waals surface area contributed by atoms with Gasteiger partial charge in [-0.05, 0) is 72.1 Å². The number of carbonyl (C=O) groups is 1. The van der Waals surface area contributed by atoms with Crippen molar-refractivity contribution in [3.05, 3.63) is 83.9 Å². The zero-order valence-corrected chi connectivity index (χ0v) is 19.3. The van der Waals surface area contributed by atoms with Gasteiger partial charge in [-0.1, -0.05) is 42.0 Å². The first-order valence-electron chi connectivity index (χ1n) is 10.8. The molecule has 4 rings (SSSR count). The summed E-state index contributed by atoms with van der Waals surface area (Å²) in [7, 11) is 3.22. The van der Waals surface area contributed by atoms with E-state index >= 15 is 0 Å². The number of hydrogen-bond donors (Lipinski definition) is 1. The van der Waals surface area contributed by atoms with Gasteiger partial charge in [0.25, 0.3) is 5.91 Å². The summed E-state index contributed by atoms with van der Waals surface area (Å²) in [5.74, 6) is 1.67. The monoisotopic (exact) mass is 441 g/mol. The third-order valence-corrected chi connectivity index (χ3v) is 5.52. The number of methoxy groups -OCH3 is 2. The van der Waals surface area contributed by atoms with E-state index in [2.05, 4.69) is 36.5 Å². The van der Waals surface area contributed by atoms with Crippen LogP contribution in [-0.4, -0.2) is 26.7 Å². The van der Waals surface area contributed by atoms with Crippen LogP contribution in [0.4, 0.5) is 5.69 Å². The van der Waals surface area contributed by atoms with Crippen molar-refractivity contribution in [2.24, 2.45) is 0 Å². The van der Waals surface area contributed by atoms with Crippen molar-refractivity contribution in [3.63, 3.8) is 0 Å². The Morgan fingerprint density at radius 2 is 1.55 bits per heavy atom. The quantitative estimate of drug-likeness (QED) is 0.356. The van der Waals surface area contributed by atoms with Gasteiger partial charge in [0.2, 0.25) is 0 Å². The maximum Gasteiger partial charge on any atom is 0.255 e. The van der Waals surface area contributed by atoms with Crippen LogP contribution in [0.3, 0.4) is 0 Å². The molecule has 0 aliphatic heterocycles. The molecule has 1 N–H and O–H groups in total. The molecule has 0 saturated heterocycles. The Hall–Kier alpha value is -3.99. The Kier molecular flexibility index (Phi) is 6.50. The lowest BCUT2D eigenvalue weighted by Gasteiger charge is -2.15. The van der Waals surface area contributed by atoms with E-state index in [1.165, 1.54) is 5.56 Å². The second kappa shape index (κ2) is 9.65. The fourth-order valence-corrected chi connectivity index (χ4v) is 3.84. The molecule has 5 heteroatoms. The lowest BCUT2D eigenvalue weighted by molar-refractivity contribution is 0.102. The maximum absolute atomic E-state index is 13.3. The first kappa shape index (κ1) is 22.2. The number of fused-ring (bicyclic) bond motifs is 1. The number of amides is 1. The molecule has 4 aromatic rings. The SMILES string of the molecule is CCOc1ccccc1NC(=O)c1cc(-c2ccc(C)cc2)c2cc(OC)c(OC)cc2c1. The first-order chi connectivity index (χ1) is 16.0. The number of nitrogens with one attached hydrogen (secondary N) is 1. The van der Waals surface area contributed by atoms with Gasteiger partial charge in [-0.25, -0.2) is 0 Å². The summed E-state index contributed by atoms with van der Waals surface area (Å²) in [6.45, 7) is 4.48. The zero-order chi connectivity index (χ0) is 23.4. The van der Waals surface area contributed by atoms with E-state index in [1.54, 1.807) is 14.2 Å². The van der Waals surface area contributed by atoms with Gasteiger partial charge in [-0.2, -0.15) is 0 Å². The molecule has 168 valence electrons. The average molecular weight is 442 g/mol. The van der Waals surface area contributed by atoms with E-state index < -0.39 is 0 Å². The van der Waals surface area contributed by atoms with Crippen molar-refractivity contribution in [3.8, 4) is 28.4 Å². The van der Waals surface area contributed by atoms with E-state index in [-0.39, 0.29) is 5.91 Å². The van der Waals surface area contributed by atoms with E-state index in [9.17, 15) is 4.79 Å². The molecule has 0 spiro atoms. The van der Waals surface area contributed by atoms with Crippen LogP contribution in [0.15, 0.2) is 72.8 Å². The molecule has 0 atom stereocenters. The number of ether oxygens (including phenoxy) is 3. The van der Waals surface area contributed by atoms with Crippen molar-refractivity contribution in [2.75, 3.05) is 26.1 Å². The van der Waals surface area contributed by atoms with Crippen LogP contribution in [-0.2, 0) is 0 Å². The number of para-hydroxylation sites is 2. The van der Waals surface area contributed by atoms with Gasteiger partial charge in [0, 0.05) is 5.56 Å². The van der Waals surface area contributed by atoms with Gasteiger partial charge in [0.05, 0.1) is 26.5 Å². The standard InChI is InChI=1S/C28H27NO4/c1-5-33-25-9-7-6-8-24(25)29-28(30)21-14-20-16-26(31-3)27(32-4)17-23(20)22(15-21)19-12-10-18(2)11-13-19/h6-17H,5H2,1-4H3,(H,29,30). The van der Waals surface area contributed by atoms with Gasteiger partial charge in [-0.15, -0.1) is 0 Å². The van der Waals surface area contributed by atoms with E-state index in [4.69, 9.17) is 14.2 Å². The Balaban J connectivity index is 1.85. The third-order valence-electron chi connectivity index (χ3n) is 5.52. The summed E-state index contributed by atoms with van der Waals surface area (Å²) in [6, 6.07) is 23.3. The van der Waals surface area contributed by atoms with Crippen molar-refractivity contribution in [2.45, 2.75) is 13.8 Å². The molecule has 1 amide bonds. The Labute approximate surface area is 193 Å². The Morgan fingerprint density at radius 3 is 2.24 bits per heavy atom. The first-order valence-corrected chi connectivity index (χ1v) is 10.8. The van der Waals surface area contributed by atoms with Crippen LogP contribution in [0.1, 0.15) is 22.8 Å². The fourth-order valence-electron chi connectivity index (χ4n) is 3.84. The molecule has 0 radical (unpaired) electrons. The number of hydrogen-bond acceptors (Lipinski definition) is 4. The Morgan fingerprint density at radius 1 is 0.848 bits per heavy atom. The van der Waals surface area contributed by atoms with E-state index in [1.807, 2.05) is 55.5 Å². The van der Waals surface area contributed by atoms with Crippen LogP contribution >= 0.6 is 0 Å². The van der Waals surface area contributed by atoms with E-state index in [0.29, 0.717) is 35.1 Å². The van der Waals surface area contributed by atoms with Gasteiger partial charge in [0.15, 0.2) is 11.5 Å². The van der Waals surface area contributed by atoms with Gasteiger partial charge in [0.1, 0.15) is 5.75 Å². The van der Waals surface area contributed by atoms with Crippen LogP contribution in [0, 0.1) is 6.92 Å². The zero-order valence-electron chi connectivity index (χ0n) is 19.3. The Bertz CT molecular complexity index is 1300. The smallest absolute Gasteiger partial charge is 0.255 e. The van der Waals surface area contributed by atoms with Crippen LogP contribution in [0.25, 0.3) is 21.9 Å². The predicted molar refractivity (Wildman–Crippen MR) is 133 cm³/mol. The molecule has 0 aliphatic carbocycles. The number of anilines is 1. The minimum Gasteiger partial charge on any atom is -0.493 e. The van der Waals surface area contributed by atoms with Gasteiger partial charge >= 0.3 is 0 Å². The summed E-state index contributed by atoms with van der Waals surface area (Å²) in [5.41, 5.74) is 4.30. The minimum atomic E-state index is -0.216. The van der Waals surface area contributed by atoms with E-state index in [0.717, 1.165) is 21.9 Å². The molecule has 0 aromatic heterocycles. The highest BCUT2D eigenvalue weighted by molar-refractivity contribution is 6.10. The molecular weight excluding hydrogens is 414 g/mol. The van der Waals surface area contributed by atoms with Crippen LogP contribution in [0.5, 0.6) is 17.2 Å². The molecule has 0 fully saturated rings. The highest BCUT2D eigenvalue weighted by Crippen LogP contribution is 2.38. The molecule has 0 heterocycles. The van der Waals surface area contributed by atoms with Crippen molar-refractivity contribution < 1.29 is 19.0 Å². The summed E-state index contributed by atoms with van der Waals surface area (Å²) in [6.07, 6.45) is 0. The molecular formula is C28H27NO4. The maximum atomic E-state index is 13.3. The molecule has 0 unspecified atom stereocenters. The molecule has 33 heavy (non-hydrogen) atoms.